The normalized spacial score (nSPS) is 33.6. The summed E-state index contributed by atoms with van der Waals surface area (Å²) in [6.07, 6.45) is 8.42. The van der Waals surface area contributed by atoms with Crippen molar-refractivity contribution < 1.29 is 14.6 Å². The van der Waals surface area contributed by atoms with E-state index in [9.17, 15) is 9.90 Å². The molecular weight excluding hydrogens is 354 g/mol. The third kappa shape index (κ3) is 2.72. The SMILES string of the molecule is CC(C)OC(=O)c1cnc2[nH]ccc2c1N(C)C1C2CC3CC1CC(O)(C3)C2. The Balaban J connectivity index is 1.57. The molecule has 0 aromatic carbocycles. The summed E-state index contributed by atoms with van der Waals surface area (Å²) in [5.41, 5.74) is 1.75. The van der Waals surface area contributed by atoms with E-state index >= 15 is 0 Å². The molecule has 0 amide bonds. The second-order valence-electron chi connectivity index (χ2n) is 9.51. The van der Waals surface area contributed by atoms with Gasteiger partial charge in [0.2, 0.25) is 0 Å². The second-order valence-corrected chi connectivity index (χ2v) is 9.51. The lowest BCUT2D eigenvalue weighted by molar-refractivity contribution is -0.133. The largest absolute Gasteiger partial charge is 0.459 e. The van der Waals surface area contributed by atoms with Crippen molar-refractivity contribution in [1.29, 1.82) is 0 Å². The fourth-order valence-corrected chi connectivity index (χ4v) is 6.54. The minimum atomic E-state index is -0.463. The van der Waals surface area contributed by atoms with Crippen LogP contribution in [-0.2, 0) is 4.74 Å². The van der Waals surface area contributed by atoms with Crippen LogP contribution < -0.4 is 4.90 Å². The highest BCUT2D eigenvalue weighted by atomic mass is 16.5. The number of nitrogens with zero attached hydrogens (tertiary/aromatic N) is 2. The van der Waals surface area contributed by atoms with Crippen LogP contribution in [-0.4, -0.2) is 45.8 Å². The number of rotatable bonds is 4. The van der Waals surface area contributed by atoms with Crippen LogP contribution in [0.4, 0.5) is 5.69 Å². The molecule has 0 aliphatic heterocycles. The molecule has 150 valence electrons. The van der Waals surface area contributed by atoms with Crippen molar-refractivity contribution in [3.05, 3.63) is 24.0 Å². The van der Waals surface area contributed by atoms with Gasteiger partial charge in [-0.1, -0.05) is 0 Å². The van der Waals surface area contributed by atoms with Crippen molar-refractivity contribution in [3.8, 4) is 0 Å². The number of hydrogen-bond acceptors (Lipinski definition) is 5. The molecule has 0 spiro atoms. The summed E-state index contributed by atoms with van der Waals surface area (Å²) in [4.78, 5) is 22.7. The van der Waals surface area contributed by atoms with Crippen LogP contribution in [0.15, 0.2) is 18.5 Å². The number of pyridine rings is 1. The number of carbonyl (C=O) groups excluding carboxylic acids is 1. The van der Waals surface area contributed by atoms with E-state index in [2.05, 4.69) is 21.9 Å². The molecule has 2 heterocycles. The fraction of sp³-hybridized carbons (Fsp3) is 0.636. The predicted molar refractivity (Wildman–Crippen MR) is 107 cm³/mol. The zero-order chi connectivity index (χ0) is 19.6. The van der Waals surface area contributed by atoms with Crippen LogP contribution in [0.5, 0.6) is 0 Å². The van der Waals surface area contributed by atoms with Gasteiger partial charge in [0.1, 0.15) is 11.2 Å². The van der Waals surface area contributed by atoms with Crippen LogP contribution in [0.3, 0.4) is 0 Å². The van der Waals surface area contributed by atoms with E-state index in [1.54, 1.807) is 6.20 Å². The molecular formula is C22H29N3O3. The van der Waals surface area contributed by atoms with Crippen LogP contribution in [0.25, 0.3) is 11.0 Å². The first-order valence-electron chi connectivity index (χ1n) is 10.5. The Bertz CT molecular complexity index is 905. The minimum absolute atomic E-state index is 0.178. The average Bonchev–Trinajstić information content (AvgIpc) is 3.06. The van der Waals surface area contributed by atoms with Gasteiger partial charge in [-0.25, -0.2) is 9.78 Å². The lowest BCUT2D eigenvalue weighted by Crippen LogP contribution is -2.61. The van der Waals surface area contributed by atoms with Gasteiger partial charge in [-0.05, 0) is 69.8 Å². The molecule has 6 nitrogen and oxygen atoms in total. The topological polar surface area (TPSA) is 78.5 Å². The van der Waals surface area contributed by atoms with Gasteiger partial charge >= 0.3 is 5.97 Å². The molecule has 4 saturated carbocycles. The first-order valence-corrected chi connectivity index (χ1v) is 10.5. The molecule has 2 unspecified atom stereocenters. The zero-order valence-electron chi connectivity index (χ0n) is 16.8. The number of aromatic nitrogens is 2. The molecule has 4 aliphatic rings. The first-order chi connectivity index (χ1) is 13.3. The summed E-state index contributed by atoms with van der Waals surface area (Å²) >= 11 is 0. The third-order valence-electron chi connectivity index (χ3n) is 7.11. The minimum Gasteiger partial charge on any atom is -0.459 e. The molecule has 2 N–H and O–H groups in total. The Morgan fingerprint density at radius 1 is 1.32 bits per heavy atom. The Morgan fingerprint density at radius 3 is 2.68 bits per heavy atom. The van der Waals surface area contributed by atoms with Gasteiger partial charge in [0, 0.05) is 30.9 Å². The maximum Gasteiger partial charge on any atom is 0.342 e. The number of hydrogen-bond donors (Lipinski definition) is 2. The summed E-state index contributed by atoms with van der Waals surface area (Å²) in [7, 11) is 2.10. The third-order valence-corrected chi connectivity index (χ3v) is 7.11. The van der Waals surface area contributed by atoms with Crippen molar-refractivity contribution in [2.45, 2.75) is 63.7 Å². The van der Waals surface area contributed by atoms with Crippen LogP contribution >= 0.6 is 0 Å². The average molecular weight is 383 g/mol. The van der Waals surface area contributed by atoms with Crippen molar-refractivity contribution >= 4 is 22.7 Å². The fourth-order valence-electron chi connectivity index (χ4n) is 6.54. The number of carbonyl (C=O) groups is 1. The highest BCUT2D eigenvalue weighted by Gasteiger charge is 2.56. The van der Waals surface area contributed by atoms with E-state index in [-0.39, 0.29) is 12.1 Å². The number of aliphatic hydroxyl groups is 1. The second kappa shape index (κ2) is 6.21. The smallest absolute Gasteiger partial charge is 0.342 e. The molecule has 6 heteroatoms. The Kier molecular flexibility index (Phi) is 3.99. The summed E-state index contributed by atoms with van der Waals surface area (Å²) in [5.74, 6) is 1.27. The van der Waals surface area contributed by atoms with Gasteiger partial charge < -0.3 is 19.7 Å². The predicted octanol–water partition coefficient (Wildman–Crippen LogP) is 3.50. The monoisotopic (exact) mass is 383 g/mol. The highest BCUT2D eigenvalue weighted by Crippen LogP contribution is 2.57. The number of fused-ring (bicyclic) bond motifs is 1. The number of aromatic amines is 1. The zero-order valence-corrected chi connectivity index (χ0v) is 16.8. The van der Waals surface area contributed by atoms with E-state index in [1.165, 1.54) is 12.8 Å². The van der Waals surface area contributed by atoms with Crippen molar-refractivity contribution in [1.82, 2.24) is 9.97 Å². The van der Waals surface area contributed by atoms with E-state index in [0.29, 0.717) is 29.4 Å². The van der Waals surface area contributed by atoms with E-state index < -0.39 is 5.60 Å². The molecule has 2 atom stereocenters. The molecule has 2 aromatic rings. The number of anilines is 1. The summed E-state index contributed by atoms with van der Waals surface area (Å²) in [6, 6.07) is 2.33. The molecule has 4 fully saturated rings. The van der Waals surface area contributed by atoms with Gasteiger partial charge in [-0.2, -0.15) is 0 Å². The van der Waals surface area contributed by atoms with Crippen molar-refractivity contribution in [2.75, 3.05) is 11.9 Å². The molecule has 0 saturated heterocycles. The van der Waals surface area contributed by atoms with Gasteiger partial charge in [0.25, 0.3) is 0 Å². The van der Waals surface area contributed by atoms with Gasteiger partial charge in [0.15, 0.2) is 0 Å². The summed E-state index contributed by atoms with van der Waals surface area (Å²) in [5, 5.41) is 11.9. The summed E-state index contributed by atoms with van der Waals surface area (Å²) < 4.78 is 5.52. The molecule has 4 aliphatic carbocycles. The van der Waals surface area contributed by atoms with Crippen LogP contribution in [0.2, 0.25) is 0 Å². The number of H-pyrrole nitrogens is 1. The molecule has 28 heavy (non-hydrogen) atoms. The standard InChI is InChI=1S/C22H29N3O3/c1-12(2)28-21(26)17-11-24-20-16(4-5-23-20)19(17)25(3)18-14-6-13-7-15(18)10-22(27,8-13)9-14/h4-5,11-15,18,27H,6-10H2,1-3H3,(H,23,24). The van der Waals surface area contributed by atoms with Crippen molar-refractivity contribution in [3.63, 3.8) is 0 Å². The van der Waals surface area contributed by atoms with Gasteiger partial charge in [-0.15, -0.1) is 0 Å². The number of esters is 1. The lowest BCUT2D eigenvalue weighted by atomic mass is 9.52. The van der Waals surface area contributed by atoms with Crippen LogP contribution in [0.1, 0.15) is 56.3 Å². The van der Waals surface area contributed by atoms with E-state index in [4.69, 9.17) is 4.74 Å². The molecule has 4 bridgehead atoms. The molecule has 6 rings (SSSR count). The first kappa shape index (κ1) is 18.0. The lowest BCUT2D eigenvalue weighted by Gasteiger charge is -2.60. The quantitative estimate of drug-likeness (QED) is 0.790. The van der Waals surface area contributed by atoms with Crippen LogP contribution in [0, 0.1) is 17.8 Å². The van der Waals surface area contributed by atoms with Gasteiger partial charge in [-0.3, -0.25) is 0 Å². The number of ether oxygens (including phenoxy) is 1. The maximum atomic E-state index is 12.8. The van der Waals surface area contributed by atoms with Gasteiger partial charge in [0.05, 0.1) is 17.4 Å². The molecule has 2 aromatic heterocycles. The maximum absolute atomic E-state index is 12.8. The Hall–Kier alpha value is -2.08. The van der Waals surface area contributed by atoms with Crippen molar-refractivity contribution in [2.24, 2.45) is 17.8 Å². The Labute approximate surface area is 165 Å². The van der Waals surface area contributed by atoms with E-state index in [0.717, 1.165) is 36.0 Å². The molecule has 0 radical (unpaired) electrons. The Morgan fingerprint density at radius 2 is 2.04 bits per heavy atom. The van der Waals surface area contributed by atoms with E-state index in [1.807, 2.05) is 26.1 Å². The number of nitrogens with one attached hydrogen (secondary N) is 1. The summed E-state index contributed by atoms with van der Waals surface area (Å²) in [6.45, 7) is 3.73. The highest BCUT2D eigenvalue weighted by molar-refractivity contribution is 6.04.